The number of hydrogen-bond donors (Lipinski definition) is 1. The van der Waals surface area contributed by atoms with Crippen molar-refractivity contribution in [3.05, 3.63) is 79.5 Å². The quantitative estimate of drug-likeness (QED) is 0.256. The minimum absolute atomic E-state index is 0.187. The Morgan fingerprint density at radius 2 is 1.77 bits per heavy atom. The van der Waals surface area contributed by atoms with E-state index in [4.69, 9.17) is 51.1 Å². The van der Waals surface area contributed by atoms with Crippen molar-refractivity contribution >= 4 is 58.5 Å². The van der Waals surface area contributed by atoms with Crippen LogP contribution in [0.3, 0.4) is 0 Å². The summed E-state index contributed by atoms with van der Waals surface area (Å²) in [6.07, 6.45) is 1.58. The Kier molecular flexibility index (Phi) is 7.32. The number of amides is 1. The highest BCUT2D eigenvalue weighted by Gasteiger charge is 2.11. The lowest BCUT2D eigenvalue weighted by Crippen LogP contribution is -2.24. The lowest BCUT2D eigenvalue weighted by atomic mass is 10.2. The summed E-state index contributed by atoms with van der Waals surface area (Å²) >= 11 is 23.9. The van der Waals surface area contributed by atoms with Crippen molar-refractivity contribution in [3.8, 4) is 11.4 Å². The van der Waals surface area contributed by atoms with Crippen LogP contribution in [0.5, 0.6) is 5.75 Å². The molecule has 0 radical (unpaired) electrons. The van der Waals surface area contributed by atoms with Crippen LogP contribution in [0.4, 0.5) is 0 Å². The van der Waals surface area contributed by atoms with E-state index in [1.165, 1.54) is 12.1 Å². The summed E-state index contributed by atoms with van der Waals surface area (Å²) in [6, 6.07) is 12.5. The average molecular weight is 485 g/mol. The number of rotatable bonds is 6. The van der Waals surface area contributed by atoms with E-state index in [0.717, 1.165) is 22.6 Å². The molecular formula is C21H17Cl4N3O2. The maximum atomic E-state index is 12.0. The summed E-state index contributed by atoms with van der Waals surface area (Å²) < 4.78 is 7.45. The molecular weight excluding hydrogens is 468 g/mol. The monoisotopic (exact) mass is 483 g/mol. The Bertz CT molecular complexity index is 1110. The van der Waals surface area contributed by atoms with Crippen LogP contribution >= 0.6 is 46.4 Å². The van der Waals surface area contributed by atoms with Gasteiger partial charge in [-0.25, -0.2) is 5.43 Å². The lowest BCUT2D eigenvalue weighted by molar-refractivity contribution is -0.123. The third kappa shape index (κ3) is 5.29. The molecule has 0 aliphatic rings. The van der Waals surface area contributed by atoms with Crippen molar-refractivity contribution in [1.29, 1.82) is 0 Å². The number of ether oxygens (including phenoxy) is 1. The summed E-state index contributed by atoms with van der Waals surface area (Å²) in [6.45, 7) is 3.67. The number of carbonyl (C=O) groups is 1. The van der Waals surface area contributed by atoms with Gasteiger partial charge in [0.05, 0.1) is 11.2 Å². The predicted molar refractivity (Wildman–Crippen MR) is 123 cm³/mol. The molecule has 3 aromatic rings. The van der Waals surface area contributed by atoms with Gasteiger partial charge < -0.3 is 9.30 Å². The van der Waals surface area contributed by atoms with E-state index >= 15 is 0 Å². The molecule has 0 unspecified atom stereocenters. The number of hydrazone groups is 1. The van der Waals surface area contributed by atoms with Crippen LogP contribution in [0.1, 0.15) is 17.0 Å². The number of halogens is 4. The van der Waals surface area contributed by atoms with Crippen LogP contribution in [0, 0.1) is 13.8 Å². The van der Waals surface area contributed by atoms with Gasteiger partial charge in [-0.05, 0) is 50.2 Å². The van der Waals surface area contributed by atoms with Crippen molar-refractivity contribution in [2.24, 2.45) is 5.10 Å². The summed E-state index contributed by atoms with van der Waals surface area (Å²) in [5.74, 6) is -0.232. The van der Waals surface area contributed by atoms with Gasteiger partial charge in [-0.2, -0.15) is 5.10 Å². The standard InChI is InChI=1S/C21H17Cl4N3O2/c1-12-7-14(13(2)28(12)17-5-3-15(22)4-6-17)10-26-27-20(29)11-30-19-9-16(23)8-18(24)21(19)25/h3-10H,11H2,1-2H3,(H,27,29)/b26-10-. The molecule has 30 heavy (non-hydrogen) atoms. The zero-order chi connectivity index (χ0) is 21.8. The summed E-state index contributed by atoms with van der Waals surface area (Å²) in [4.78, 5) is 12.0. The second-order valence-electron chi connectivity index (χ2n) is 6.42. The van der Waals surface area contributed by atoms with Gasteiger partial charge in [0.2, 0.25) is 0 Å². The molecule has 0 saturated heterocycles. The molecule has 156 valence electrons. The highest BCUT2D eigenvalue weighted by molar-refractivity contribution is 6.44. The van der Waals surface area contributed by atoms with E-state index in [-0.39, 0.29) is 22.4 Å². The lowest BCUT2D eigenvalue weighted by Gasteiger charge is -2.09. The number of hydrogen-bond acceptors (Lipinski definition) is 3. The molecule has 5 nitrogen and oxygen atoms in total. The van der Waals surface area contributed by atoms with Crippen molar-refractivity contribution in [1.82, 2.24) is 9.99 Å². The molecule has 1 amide bonds. The first-order valence-corrected chi connectivity index (χ1v) is 10.3. The molecule has 0 saturated carbocycles. The first-order chi connectivity index (χ1) is 14.3. The van der Waals surface area contributed by atoms with E-state index in [1.807, 2.05) is 44.2 Å². The topological polar surface area (TPSA) is 55.6 Å². The third-order valence-electron chi connectivity index (χ3n) is 4.27. The Labute approximate surface area is 194 Å². The van der Waals surface area contributed by atoms with Gasteiger partial charge in [-0.3, -0.25) is 4.79 Å². The molecule has 0 aliphatic heterocycles. The minimum Gasteiger partial charge on any atom is -0.482 e. The van der Waals surface area contributed by atoms with Gasteiger partial charge in [0.1, 0.15) is 10.8 Å². The Hall–Kier alpha value is -2.18. The first kappa shape index (κ1) is 22.5. The number of nitrogens with one attached hydrogen (secondary N) is 1. The highest BCUT2D eigenvalue weighted by Crippen LogP contribution is 2.35. The zero-order valence-electron chi connectivity index (χ0n) is 16.0. The summed E-state index contributed by atoms with van der Waals surface area (Å²) in [7, 11) is 0. The highest BCUT2D eigenvalue weighted by atomic mass is 35.5. The van der Waals surface area contributed by atoms with Gasteiger partial charge in [-0.15, -0.1) is 0 Å². The molecule has 0 bridgehead atoms. The molecule has 0 fully saturated rings. The minimum atomic E-state index is -0.454. The molecule has 2 aromatic carbocycles. The molecule has 0 spiro atoms. The Morgan fingerprint density at radius 3 is 2.47 bits per heavy atom. The second kappa shape index (κ2) is 9.75. The van der Waals surface area contributed by atoms with Gasteiger partial charge in [0.25, 0.3) is 5.91 Å². The SMILES string of the molecule is Cc1cc(/C=N\NC(=O)COc2cc(Cl)cc(Cl)c2Cl)c(C)n1-c1ccc(Cl)cc1. The third-order valence-corrected chi connectivity index (χ3v) is 5.52. The van der Waals surface area contributed by atoms with E-state index in [2.05, 4.69) is 15.1 Å². The number of nitrogens with zero attached hydrogens (tertiary/aromatic N) is 2. The van der Waals surface area contributed by atoms with Crippen LogP contribution in [-0.4, -0.2) is 23.3 Å². The molecule has 1 heterocycles. The van der Waals surface area contributed by atoms with Gasteiger partial charge in [0, 0.05) is 38.8 Å². The maximum absolute atomic E-state index is 12.0. The maximum Gasteiger partial charge on any atom is 0.277 e. The van der Waals surface area contributed by atoms with Crippen molar-refractivity contribution in [2.45, 2.75) is 13.8 Å². The number of aromatic nitrogens is 1. The fraction of sp³-hybridized carbons (Fsp3) is 0.143. The van der Waals surface area contributed by atoms with Gasteiger partial charge in [0.15, 0.2) is 6.61 Å². The predicted octanol–water partition coefficient (Wildman–Crippen LogP) is 6.24. The number of aryl methyl sites for hydroxylation is 1. The molecule has 0 atom stereocenters. The molecule has 9 heteroatoms. The van der Waals surface area contributed by atoms with E-state index < -0.39 is 5.91 Å². The first-order valence-electron chi connectivity index (χ1n) is 8.80. The Balaban J connectivity index is 1.64. The van der Waals surface area contributed by atoms with Crippen LogP contribution in [-0.2, 0) is 4.79 Å². The smallest absolute Gasteiger partial charge is 0.277 e. The van der Waals surface area contributed by atoms with Gasteiger partial charge >= 0.3 is 0 Å². The van der Waals surface area contributed by atoms with Crippen LogP contribution in [0.25, 0.3) is 5.69 Å². The van der Waals surface area contributed by atoms with E-state index in [0.29, 0.717) is 10.0 Å². The average Bonchev–Trinajstić information content (AvgIpc) is 2.97. The van der Waals surface area contributed by atoms with Crippen molar-refractivity contribution in [2.75, 3.05) is 6.61 Å². The molecule has 1 N–H and O–H groups in total. The Morgan fingerprint density at radius 1 is 1.07 bits per heavy atom. The molecule has 1 aromatic heterocycles. The van der Waals surface area contributed by atoms with Crippen LogP contribution in [0.2, 0.25) is 20.1 Å². The molecule has 3 rings (SSSR count). The number of benzene rings is 2. The van der Waals surface area contributed by atoms with Crippen molar-refractivity contribution in [3.63, 3.8) is 0 Å². The summed E-state index contributed by atoms with van der Waals surface area (Å²) in [5, 5.41) is 5.47. The largest absolute Gasteiger partial charge is 0.482 e. The van der Waals surface area contributed by atoms with Crippen LogP contribution < -0.4 is 10.2 Å². The zero-order valence-corrected chi connectivity index (χ0v) is 19.1. The number of carbonyl (C=O) groups excluding carboxylic acids is 1. The normalized spacial score (nSPS) is 11.1. The van der Waals surface area contributed by atoms with Gasteiger partial charge in [-0.1, -0.05) is 46.4 Å². The molecule has 0 aliphatic carbocycles. The fourth-order valence-electron chi connectivity index (χ4n) is 2.89. The van der Waals surface area contributed by atoms with Crippen LogP contribution in [0.15, 0.2) is 47.6 Å². The van der Waals surface area contributed by atoms with E-state index in [1.54, 1.807) is 6.21 Å². The van der Waals surface area contributed by atoms with E-state index in [9.17, 15) is 4.79 Å². The van der Waals surface area contributed by atoms with Crippen molar-refractivity contribution < 1.29 is 9.53 Å². The summed E-state index contributed by atoms with van der Waals surface area (Å²) in [5.41, 5.74) is 6.28. The fourth-order valence-corrected chi connectivity index (χ4v) is 3.66. The second-order valence-corrected chi connectivity index (χ2v) is 8.08.